The second kappa shape index (κ2) is 12.8. The van der Waals surface area contributed by atoms with Crippen molar-refractivity contribution in [2.75, 3.05) is 17.1 Å². The van der Waals surface area contributed by atoms with Gasteiger partial charge in [-0.05, 0) is 63.1 Å². The first-order chi connectivity index (χ1) is 16.3. The van der Waals surface area contributed by atoms with E-state index in [1.54, 1.807) is 49.4 Å². The predicted molar refractivity (Wildman–Crippen MR) is 143 cm³/mol. The first-order valence-corrected chi connectivity index (χ1v) is 14.0. The fraction of sp³-hybridized carbons (Fsp3) is 0.417. The minimum atomic E-state index is -3.60. The average molecular weight is 563 g/mol. The van der Waals surface area contributed by atoms with Crippen LogP contribution in [0.3, 0.4) is 0 Å². The van der Waals surface area contributed by atoms with Gasteiger partial charge in [-0.15, -0.1) is 0 Å². The van der Waals surface area contributed by atoms with Crippen molar-refractivity contribution in [1.29, 1.82) is 0 Å². The fourth-order valence-corrected chi connectivity index (χ4v) is 4.92. The van der Waals surface area contributed by atoms with Crippen LogP contribution in [0.25, 0.3) is 0 Å². The van der Waals surface area contributed by atoms with E-state index in [4.69, 9.17) is 34.8 Å². The summed E-state index contributed by atoms with van der Waals surface area (Å²) in [6.07, 6.45) is 1.38. The van der Waals surface area contributed by atoms with E-state index in [9.17, 15) is 18.0 Å². The molecule has 192 valence electrons. The summed E-state index contributed by atoms with van der Waals surface area (Å²) >= 11 is 18.2. The Morgan fingerprint density at radius 1 is 1.00 bits per heavy atom. The standard InChI is InChI=1S/C24H30Cl3N3O4S/c1-16(2)28-24(32)17(3)29(15-18-10-11-21(26)22(27)13-18)23(31)9-6-12-30(35(4,33)34)20-8-5-7-19(25)14-20/h5,7-8,10-11,13-14,16-17H,6,9,12,15H2,1-4H3,(H,28,32)/t17-/m1/s1. The van der Waals surface area contributed by atoms with Crippen LogP contribution in [-0.2, 0) is 26.2 Å². The van der Waals surface area contributed by atoms with Crippen molar-refractivity contribution in [2.24, 2.45) is 0 Å². The van der Waals surface area contributed by atoms with Crippen molar-refractivity contribution in [1.82, 2.24) is 10.2 Å². The highest BCUT2D eigenvalue weighted by atomic mass is 35.5. The molecule has 1 atom stereocenters. The summed E-state index contributed by atoms with van der Waals surface area (Å²) in [6.45, 7) is 5.56. The zero-order valence-corrected chi connectivity index (χ0v) is 23.2. The molecule has 7 nitrogen and oxygen atoms in total. The molecule has 2 aromatic rings. The summed E-state index contributed by atoms with van der Waals surface area (Å²) in [7, 11) is -3.60. The molecule has 0 spiro atoms. The minimum Gasteiger partial charge on any atom is -0.352 e. The number of sulfonamides is 1. The van der Waals surface area contributed by atoms with Gasteiger partial charge < -0.3 is 10.2 Å². The summed E-state index contributed by atoms with van der Waals surface area (Å²) in [6, 6.07) is 10.7. The number of benzene rings is 2. The van der Waals surface area contributed by atoms with E-state index in [0.717, 1.165) is 6.26 Å². The highest BCUT2D eigenvalue weighted by Crippen LogP contribution is 2.25. The molecular formula is C24H30Cl3N3O4S. The maximum atomic E-state index is 13.3. The van der Waals surface area contributed by atoms with Crippen LogP contribution in [0.1, 0.15) is 39.2 Å². The third-order valence-electron chi connectivity index (χ3n) is 5.18. The number of hydrogen-bond acceptors (Lipinski definition) is 4. The van der Waals surface area contributed by atoms with Crippen LogP contribution in [0.15, 0.2) is 42.5 Å². The summed E-state index contributed by atoms with van der Waals surface area (Å²) in [5, 5.41) is 3.97. The lowest BCUT2D eigenvalue weighted by atomic mass is 10.1. The Balaban J connectivity index is 2.19. The van der Waals surface area contributed by atoms with Crippen LogP contribution in [0, 0.1) is 0 Å². The first kappa shape index (κ1) is 29.2. The number of hydrogen-bond donors (Lipinski definition) is 1. The molecule has 35 heavy (non-hydrogen) atoms. The van der Waals surface area contributed by atoms with E-state index in [-0.39, 0.29) is 43.8 Å². The lowest BCUT2D eigenvalue weighted by Gasteiger charge is -2.30. The van der Waals surface area contributed by atoms with Gasteiger partial charge in [0.2, 0.25) is 21.8 Å². The fourth-order valence-electron chi connectivity index (χ4n) is 3.46. The van der Waals surface area contributed by atoms with E-state index in [1.165, 1.54) is 9.21 Å². The number of halogens is 3. The van der Waals surface area contributed by atoms with Gasteiger partial charge in [0, 0.05) is 30.6 Å². The monoisotopic (exact) mass is 561 g/mol. The van der Waals surface area contributed by atoms with Crippen molar-refractivity contribution in [3.05, 3.63) is 63.1 Å². The number of anilines is 1. The molecular weight excluding hydrogens is 533 g/mol. The zero-order valence-electron chi connectivity index (χ0n) is 20.1. The Morgan fingerprint density at radius 2 is 1.69 bits per heavy atom. The molecule has 0 aromatic heterocycles. The van der Waals surface area contributed by atoms with E-state index in [1.807, 2.05) is 13.8 Å². The number of amides is 2. The van der Waals surface area contributed by atoms with E-state index in [0.29, 0.717) is 26.3 Å². The number of rotatable bonds is 11. The molecule has 0 aliphatic carbocycles. The van der Waals surface area contributed by atoms with E-state index >= 15 is 0 Å². The van der Waals surface area contributed by atoms with E-state index in [2.05, 4.69) is 5.32 Å². The Bertz CT molecular complexity index is 1160. The Hall–Kier alpha value is -2.00. The molecule has 0 saturated carbocycles. The van der Waals surface area contributed by atoms with Gasteiger partial charge in [0.1, 0.15) is 6.04 Å². The normalized spacial score (nSPS) is 12.3. The quantitative estimate of drug-likeness (QED) is 0.411. The molecule has 0 aliphatic rings. The van der Waals surface area contributed by atoms with Gasteiger partial charge >= 0.3 is 0 Å². The predicted octanol–water partition coefficient (Wildman–Crippen LogP) is 5.13. The molecule has 2 rings (SSSR count). The van der Waals surface area contributed by atoms with Crippen LogP contribution in [0.5, 0.6) is 0 Å². The maximum Gasteiger partial charge on any atom is 0.242 e. The number of nitrogens with one attached hydrogen (secondary N) is 1. The molecule has 0 fully saturated rings. The molecule has 11 heteroatoms. The Kier molecular flexibility index (Phi) is 10.7. The maximum absolute atomic E-state index is 13.3. The third-order valence-corrected chi connectivity index (χ3v) is 7.35. The molecule has 1 N–H and O–H groups in total. The topological polar surface area (TPSA) is 86.8 Å². The number of nitrogens with zero attached hydrogens (tertiary/aromatic N) is 2. The summed E-state index contributed by atoms with van der Waals surface area (Å²) in [5.41, 5.74) is 1.14. The van der Waals surface area contributed by atoms with Gasteiger partial charge in [-0.3, -0.25) is 13.9 Å². The zero-order chi connectivity index (χ0) is 26.3. The van der Waals surface area contributed by atoms with Gasteiger partial charge in [0.15, 0.2) is 0 Å². The van der Waals surface area contributed by atoms with Crippen LogP contribution in [0.4, 0.5) is 5.69 Å². The van der Waals surface area contributed by atoms with Crippen LogP contribution in [0.2, 0.25) is 15.1 Å². The lowest BCUT2D eigenvalue weighted by molar-refractivity contribution is -0.140. The van der Waals surface area contributed by atoms with Gasteiger partial charge in [0.05, 0.1) is 22.0 Å². The van der Waals surface area contributed by atoms with Gasteiger partial charge in [-0.2, -0.15) is 0 Å². The van der Waals surface area contributed by atoms with Gasteiger partial charge in [-0.25, -0.2) is 8.42 Å². The number of carbonyl (C=O) groups excluding carboxylic acids is 2. The van der Waals surface area contributed by atoms with Crippen molar-refractivity contribution in [2.45, 2.75) is 52.2 Å². The van der Waals surface area contributed by atoms with Gasteiger partial charge in [-0.1, -0.05) is 46.9 Å². The van der Waals surface area contributed by atoms with Crippen LogP contribution in [-0.4, -0.2) is 50.0 Å². The molecule has 0 saturated heterocycles. The lowest BCUT2D eigenvalue weighted by Crippen LogP contribution is -2.49. The van der Waals surface area contributed by atoms with Gasteiger partial charge in [0.25, 0.3) is 0 Å². The van der Waals surface area contributed by atoms with Crippen molar-refractivity contribution in [3.63, 3.8) is 0 Å². The Labute approximate surface area is 222 Å². The smallest absolute Gasteiger partial charge is 0.242 e. The summed E-state index contributed by atoms with van der Waals surface area (Å²) < 4.78 is 25.9. The van der Waals surface area contributed by atoms with Crippen LogP contribution < -0.4 is 9.62 Å². The van der Waals surface area contributed by atoms with Crippen molar-refractivity contribution in [3.8, 4) is 0 Å². The molecule has 0 unspecified atom stereocenters. The van der Waals surface area contributed by atoms with Crippen molar-refractivity contribution >= 4 is 62.3 Å². The second-order valence-corrected chi connectivity index (χ2v) is 11.7. The second-order valence-electron chi connectivity index (χ2n) is 8.53. The average Bonchev–Trinajstić information content (AvgIpc) is 2.75. The molecule has 0 bridgehead atoms. The molecule has 2 aromatic carbocycles. The summed E-state index contributed by atoms with van der Waals surface area (Å²) in [5.74, 6) is -0.577. The Morgan fingerprint density at radius 3 is 2.26 bits per heavy atom. The first-order valence-electron chi connectivity index (χ1n) is 11.1. The van der Waals surface area contributed by atoms with Crippen molar-refractivity contribution < 1.29 is 18.0 Å². The molecule has 0 radical (unpaired) electrons. The SMILES string of the molecule is CC(C)NC(=O)[C@@H](C)N(Cc1ccc(Cl)c(Cl)c1)C(=O)CCCN(c1cccc(Cl)c1)S(C)(=O)=O. The van der Waals surface area contributed by atoms with Crippen LogP contribution >= 0.6 is 34.8 Å². The third kappa shape index (κ3) is 8.86. The highest BCUT2D eigenvalue weighted by Gasteiger charge is 2.27. The summed E-state index contributed by atoms with van der Waals surface area (Å²) in [4.78, 5) is 27.4. The molecule has 0 heterocycles. The van der Waals surface area contributed by atoms with E-state index < -0.39 is 16.1 Å². The minimum absolute atomic E-state index is 0.0349. The largest absolute Gasteiger partial charge is 0.352 e. The molecule has 2 amide bonds. The molecule has 0 aliphatic heterocycles. The highest BCUT2D eigenvalue weighted by molar-refractivity contribution is 7.92. The number of carbonyl (C=O) groups is 2.